The van der Waals surface area contributed by atoms with Crippen LogP contribution in [0.15, 0.2) is 52.7 Å². The van der Waals surface area contributed by atoms with E-state index in [4.69, 9.17) is 0 Å². The standard InChI is InChI=1S/C18H22BrN5O2S/c19-16-6-7-18(22-15-16)23-10-12-24(13-11-23)27(25,26)14-3-1-2-5-17-20-8-4-9-21-17/h3-4,6-9,14-15H,1-2,5,10-13H2. The van der Waals surface area contributed by atoms with Crippen molar-refractivity contribution in [3.05, 3.63) is 58.6 Å². The molecule has 1 fully saturated rings. The van der Waals surface area contributed by atoms with Gasteiger partial charge in [-0.3, -0.25) is 0 Å². The van der Waals surface area contributed by atoms with E-state index in [9.17, 15) is 8.42 Å². The van der Waals surface area contributed by atoms with Gasteiger partial charge in [0, 0.05) is 61.1 Å². The highest BCUT2D eigenvalue weighted by Gasteiger charge is 2.25. The summed E-state index contributed by atoms with van der Waals surface area (Å²) in [6.07, 6.45) is 9.14. The first-order valence-electron chi connectivity index (χ1n) is 8.84. The zero-order valence-corrected chi connectivity index (χ0v) is 17.3. The molecule has 0 bridgehead atoms. The van der Waals surface area contributed by atoms with Crippen LogP contribution in [0.1, 0.15) is 18.7 Å². The first-order chi connectivity index (χ1) is 13.0. The largest absolute Gasteiger partial charge is 0.354 e. The van der Waals surface area contributed by atoms with Crippen LogP contribution >= 0.6 is 15.9 Å². The first-order valence-corrected chi connectivity index (χ1v) is 11.1. The van der Waals surface area contributed by atoms with Crippen molar-refractivity contribution >= 4 is 31.8 Å². The molecule has 27 heavy (non-hydrogen) atoms. The number of rotatable bonds is 7. The number of nitrogens with zero attached hydrogens (tertiary/aromatic N) is 5. The minimum absolute atomic E-state index is 0.461. The van der Waals surface area contributed by atoms with Crippen molar-refractivity contribution in [2.75, 3.05) is 31.1 Å². The molecular weight excluding hydrogens is 430 g/mol. The van der Waals surface area contributed by atoms with Crippen LogP contribution in [0.25, 0.3) is 0 Å². The van der Waals surface area contributed by atoms with E-state index in [0.717, 1.165) is 29.0 Å². The number of aromatic nitrogens is 3. The van der Waals surface area contributed by atoms with E-state index in [-0.39, 0.29) is 0 Å². The molecule has 0 aliphatic carbocycles. The number of allylic oxidation sites excluding steroid dienone is 1. The Bertz CT molecular complexity index is 851. The summed E-state index contributed by atoms with van der Waals surface area (Å²) < 4.78 is 27.4. The number of piperazine rings is 1. The lowest BCUT2D eigenvalue weighted by Crippen LogP contribution is -2.48. The zero-order chi connectivity index (χ0) is 19.1. The van der Waals surface area contributed by atoms with Crippen LogP contribution in [-0.4, -0.2) is 53.9 Å². The van der Waals surface area contributed by atoms with Crippen molar-refractivity contribution in [1.29, 1.82) is 0 Å². The fraction of sp³-hybridized carbons (Fsp3) is 0.389. The van der Waals surface area contributed by atoms with Crippen molar-refractivity contribution in [2.24, 2.45) is 0 Å². The number of aryl methyl sites for hydroxylation is 1. The Morgan fingerprint density at radius 3 is 2.48 bits per heavy atom. The van der Waals surface area contributed by atoms with E-state index in [2.05, 4.69) is 35.8 Å². The van der Waals surface area contributed by atoms with Crippen LogP contribution in [0.3, 0.4) is 0 Å². The molecular formula is C18H22BrN5O2S. The molecule has 0 atom stereocenters. The third-order valence-corrected chi connectivity index (χ3v) is 6.38. The molecule has 0 aromatic carbocycles. The minimum atomic E-state index is -3.37. The summed E-state index contributed by atoms with van der Waals surface area (Å²) in [5, 5.41) is 1.33. The second-order valence-electron chi connectivity index (χ2n) is 6.19. The summed E-state index contributed by atoms with van der Waals surface area (Å²) in [5.41, 5.74) is 0. The van der Waals surface area contributed by atoms with Gasteiger partial charge in [0.1, 0.15) is 11.6 Å². The average molecular weight is 452 g/mol. The fourth-order valence-electron chi connectivity index (χ4n) is 2.84. The number of hydrogen-bond donors (Lipinski definition) is 0. The molecule has 3 heterocycles. The second kappa shape index (κ2) is 9.38. The highest BCUT2D eigenvalue weighted by Crippen LogP contribution is 2.18. The van der Waals surface area contributed by atoms with Gasteiger partial charge in [0.15, 0.2) is 0 Å². The van der Waals surface area contributed by atoms with Gasteiger partial charge in [-0.15, -0.1) is 0 Å². The molecule has 0 radical (unpaired) electrons. The summed E-state index contributed by atoms with van der Waals surface area (Å²) in [7, 11) is -3.37. The molecule has 0 amide bonds. The summed E-state index contributed by atoms with van der Waals surface area (Å²) in [6, 6.07) is 5.65. The minimum Gasteiger partial charge on any atom is -0.354 e. The van der Waals surface area contributed by atoms with E-state index in [1.165, 1.54) is 9.71 Å². The van der Waals surface area contributed by atoms with Gasteiger partial charge < -0.3 is 4.90 Å². The Hall–Kier alpha value is -1.84. The van der Waals surface area contributed by atoms with Gasteiger partial charge >= 0.3 is 0 Å². The second-order valence-corrected chi connectivity index (χ2v) is 8.93. The van der Waals surface area contributed by atoms with Crippen LogP contribution in [0.2, 0.25) is 0 Å². The van der Waals surface area contributed by atoms with E-state index in [1.807, 2.05) is 12.1 Å². The third-order valence-electron chi connectivity index (χ3n) is 4.29. The summed E-state index contributed by atoms with van der Waals surface area (Å²) in [6.45, 7) is 2.19. The first kappa shape index (κ1) is 19.9. The van der Waals surface area contributed by atoms with Crippen molar-refractivity contribution in [3.63, 3.8) is 0 Å². The Balaban J connectivity index is 1.45. The maximum absolute atomic E-state index is 12.5. The topological polar surface area (TPSA) is 79.3 Å². The molecule has 0 unspecified atom stereocenters. The maximum atomic E-state index is 12.5. The number of pyridine rings is 1. The van der Waals surface area contributed by atoms with Crippen molar-refractivity contribution < 1.29 is 8.42 Å². The molecule has 0 spiro atoms. The highest BCUT2D eigenvalue weighted by atomic mass is 79.9. The van der Waals surface area contributed by atoms with E-state index < -0.39 is 10.0 Å². The van der Waals surface area contributed by atoms with Crippen LogP contribution in [0, 0.1) is 0 Å². The van der Waals surface area contributed by atoms with Gasteiger partial charge in [0.25, 0.3) is 0 Å². The Labute approximate surface area is 168 Å². The van der Waals surface area contributed by atoms with E-state index >= 15 is 0 Å². The SMILES string of the molecule is O=S(=O)(C=CCCCc1ncccn1)N1CCN(c2ccc(Br)cn2)CC1. The molecule has 1 aliphatic heterocycles. The zero-order valence-electron chi connectivity index (χ0n) is 14.9. The highest BCUT2D eigenvalue weighted by molar-refractivity contribution is 9.10. The summed E-state index contributed by atoms with van der Waals surface area (Å²) in [5.74, 6) is 1.65. The monoisotopic (exact) mass is 451 g/mol. The Kier molecular flexibility index (Phi) is 6.92. The van der Waals surface area contributed by atoms with Crippen molar-refractivity contribution in [2.45, 2.75) is 19.3 Å². The molecule has 1 aliphatic rings. The Morgan fingerprint density at radius 2 is 1.81 bits per heavy atom. The number of anilines is 1. The summed E-state index contributed by atoms with van der Waals surface area (Å²) >= 11 is 3.37. The molecule has 2 aromatic heterocycles. The molecule has 1 saturated heterocycles. The molecule has 9 heteroatoms. The lowest BCUT2D eigenvalue weighted by Gasteiger charge is -2.34. The van der Waals surface area contributed by atoms with Gasteiger partial charge in [0.2, 0.25) is 10.0 Å². The average Bonchev–Trinajstić information content (AvgIpc) is 2.69. The lowest BCUT2D eigenvalue weighted by molar-refractivity contribution is 0.388. The maximum Gasteiger partial charge on any atom is 0.236 e. The molecule has 0 N–H and O–H groups in total. The van der Waals surface area contributed by atoms with Gasteiger partial charge in [-0.1, -0.05) is 6.08 Å². The lowest BCUT2D eigenvalue weighted by atomic mass is 10.2. The van der Waals surface area contributed by atoms with Crippen LogP contribution in [0.4, 0.5) is 5.82 Å². The summed E-state index contributed by atoms with van der Waals surface area (Å²) in [4.78, 5) is 14.8. The van der Waals surface area contributed by atoms with Gasteiger partial charge in [-0.25, -0.2) is 23.4 Å². The third kappa shape index (κ3) is 5.82. The molecule has 144 valence electrons. The van der Waals surface area contributed by atoms with E-state index in [1.54, 1.807) is 30.7 Å². The van der Waals surface area contributed by atoms with Crippen LogP contribution < -0.4 is 4.90 Å². The number of halogens is 1. The number of sulfonamides is 1. The molecule has 7 nitrogen and oxygen atoms in total. The smallest absolute Gasteiger partial charge is 0.236 e. The molecule has 2 aromatic rings. The molecule has 0 saturated carbocycles. The number of hydrogen-bond acceptors (Lipinski definition) is 6. The normalized spacial score (nSPS) is 16.1. The molecule has 3 rings (SSSR count). The van der Waals surface area contributed by atoms with Crippen molar-refractivity contribution in [3.8, 4) is 0 Å². The predicted molar refractivity (Wildman–Crippen MR) is 109 cm³/mol. The van der Waals surface area contributed by atoms with Crippen molar-refractivity contribution in [1.82, 2.24) is 19.3 Å². The van der Waals surface area contributed by atoms with Crippen LogP contribution in [-0.2, 0) is 16.4 Å². The van der Waals surface area contributed by atoms with Gasteiger partial charge in [0.05, 0.1) is 0 Å². The van der Waals surface area contributed by atoms with Gasteiger partial charge in [-0.05, 0) is 47.0 Å². The number of unbranched alkanes of at least 4 members (excludes halogenated alkanes) is 1. The Morgan fingerprint density at radius 1 is 1.07 bits per heavy atom. The predicted octanol–water partition coefficient (Wildman–Crippen LogP) is 2.62. The van der Waals surface area contributed by atoms with E-state index in [0.29, 0.717) is 32.6 Å². The fourth-order valence-corrected chi connectivity index (χ4v) is 4.30. The quantitative estimate of drug-likeness (QED) is 0.601. The van der Waals surface area contributed by atoms with Crippen LogP contribution in [0.5, 0.6) is 0 Å². The van der Waals surface area contributed by atoms with Gasteiger partial charge in [-0.2, -0.15) is 4.31 Å².